The maximum atomic E-state index is 11.9. The molecule has 0 spiro atoms. The van der Waals surface area contributed by atoms with Gasteiger partial charge in [-0.1, -0.05) is 0 Å². The molecule has 0 fully saturated rings. The number of rotatable bonds is 4. The summed E-state index contributed by atoms with van der Waals surface area (Å²) in [4.78, 5) is -0.0239. The van der Waals surface area contributed by atoms with Crippen LogP contribution in [-0.2, 0) is 12.6 Å². The number of hydrogen-bond acceptors (Lipinski definition) is 4. The van der Waals surface area contributed by atoms with Crippen molar-refractivity contribution >= 4 is 42.4 Å². The summed E-state index contributed by atoms with van der Waals surface area (Å²) in [5, 5.41) is 0.432. The van der Waals surface area contributed by atoms with Gasteiger partial charge < -0.3 is 0 Å². The second kappa shape index (κ2) is 6.19. The molecule has 0 aromatic heterocycles. The molecule has 0 saturated heterocycles. The summed E-state index contributed by atoms with van der Waals surface area (Å²) in [5.41, 5.74) is 0. The first-order valence-corrected chi connectivity index (χ1v) is 9.85. The summed E-state index contributed by atoms with van der Waals surface area (Å²) in [6.45, 7) is 0. The Morgan fingerprint density at radius 3 is 2.16 bits per heavy atom. The van der Waals surface area contributed by atoms with Crippen molar-refractivity contribution in [2.24, 2.45) is 0 Å². The van der Waals surface area contributed by atoms with E-state index in [1.807, 2.05) is 0 Å². The van der Waals surface area contributed by atoms with Gasteiger partial charge in [-0.2, -0.15) is 0 Å². The third-order valence-corrected chi connectivity index (χ3v) is 7.78. The first kappa shape index (κ1) is 14.7. The molecule has 0 radical (unpaired) electrons. The van der Waals surface area contributed by atoms with E-state index in [0.29, 0.717) is 8.59 Å². The van der Waals surface area contributed by atoms with Gasteiger partial charge in [0.1, 0.15) is 0 Å². The van der Waals surface area contributed by atoms with Crippen molar-refractivity contribution in [1.29, 1.82) is 0 Å². The van der Waals surface area contributed by atoms with E-state index in [4.69, 9.17) is 14.1 Å². The number of hydrogen-bond donors (Lipinski definition) is 1. The molecular weight excluding hydrogens is 403 g/mol. The Kier molecular flexibility index (Phi) is 4.80. The molecule has 2 aromatic carbocycles. The van der Waals surface area contributed by atoms with Gasteiger partial charge in [-0.25, -0.2) is 0 Å². The fourth-order valence-electron chi connectivity index (χ4n) is 1.28. The number of halogens is 2. The molecule has 0 aliphatic heterocycles. The van der Waals surface area contributed by atoms with Crippen LogP contribution >= 0.6 is 32.3 Å². The Labute approximate surface area is 124 Å². The van der Waals surface area contributed by atoms with E-state index in [0.717, 1.165) is 0 Å². The molecular formula is C12H10ClIO4S. The van der Waals surface area contributed by atoms with Gasteiger partial charge in [0.15, 0.2) is 0 Å². The monoisotopic (exact) mass is 412 g/mol. The Balaban J connectivity index is 2.20. The molecule has 2 aromatic rings. The van der Waals surface area contributed by atoms with E-state index >= 15 is 0 Å². The normalized spacial score (nSPS) is 12.2. The van der Waals surface area contributed by atoms with Crippen LogP contribution in [0.4, 0.5) is 0 Å². The molecule has 0 unspecified atom stereocenters. The predicted octanol–water partition coefficient (Wildman–Crippen LogP) is 3.24. The summed E-state index contributed by atoms with van der Waals surface area (Å²) in [5.74, 6) is 0. The van der Waals surface area contributed by atoms with Crippen LogP contribution < -0.4 is 0 Å². The van der Waals surface area contributed by atoms with Gasteiger partial charge in [0.05, 0.1) is 0 Å². The zero-order chi connectivity index (χ0) is 13.9. The van der Waals surface area contributed by atoms with Gasteiger partial charge in [-0.15, -0.1) is 0 Å². The summed E-state index contributed by atoms with van der Waals surface area (Å²) in [6.07, 6.45) is 0. The van der Waals surface area contributed by atoms with Crippen LogP contribution in [0.1, 0.15) is 0 Å². The van der Waals surface area contributed by atoms with Crippen LogP contribution in [0, 0.1) is 3.57 Å². The van der Waals surface area contributed by atoms with Crippen LogP contribution in [0.5, 0.6) is 0 Å². The minimum atomic E-state index is -3.96. The molecule has 7 heteroatoms. The van der Waals surface area contributed by atoms with E-state index in [1.54, 1.807) is 30.3 Å². The SMILES string of the molecule is O=S(=O)(OI(O)c1ccccc1)c1ccc(Cl)cc1. The van der Waals surface area contributed by atoms with Crippen LogP contribution in [0.3, 0.4) is 0 Å². The van der Waals surface area contributed by atoms with Crippen molar-refractivity contribution in [2.75, 3.05) is 0 Å². The van der Waals surface area contributed by atoms with Crippen molar-refractivity contribution in [3.05, 3.63) is 63.2 Å². The van der Waals surface area contributed by atoms with Gasteiger partial charge in [-0.3, -0.25) is 0 Å². The molecule has 1 N–H and O–H groups in total. The fraction of sp³-hybridized carbons (Fsp3) is 0. The van der Waals surface area contributed by atoms with E-state index in [9.17, 15) is 11.9 Å². The van der Waals surface area contributed by atoms with Crippen molar-refractivity contribution < 1.29 is 14.4 Å². The number of benzene rings is 2. The quantitative estimate of drug-likeness (QED) is 0.783. The van der Waals surface area contributed by atoms with E-state index in [-0.39, 0.29) is 4.90 Å². The molecule has 0 amide bonds. The van der Waals surface area contributed by atoms with Crippen LogP contribution in [0.2, 0.25) is 5.02 Å². The van der Waals surface area contributed by atoms with Crippen molar-refractivity contribution in [1.82, 2.24) is 0 Å². The first-order valence-electron chi connectivity index (χ1n) is 5.14. The third kappa shape index (κ3) is 3.90. The van der Waals surface area contributed by atoms with Gasteiger partial charge in [0.2, 0.25) is 0 Å². The predicted molar refractivity (Wildman–Crippen MR) is 81.1 cm³/mol. The standard InChI is InChI=1S/C12H10ClIO4S/c13-10-6-8-12(9-7-10)19(16,17)18-14(15)11-4-2-1-3-5-11/h1-9,15H. The summed E-state index contributed by atoms with van der Waals surface area (Å²) < 4.78 is 39.2. The second-order valence-corrected chi connectivity index (χ2v) is 9.08. The van der Waals surface area contributed by atoms with Gasteiger partial charge in [0, 0.05) is 0 Å². The Bertz CT molecular complexity index is 643. The Morgan fingerprint density at radius 1 is 1.00 bits per heavy atom. The Morgan fingerprint density at radius 2 is 1.58 bits per heavy atom. The second-order valence-electron chi connectivity index (χ2n) is 3.50. The van der Waals surface area contributed by atoms with Gasteiger partial charge in [0.25, 0.3) is 0 Å². The van der Waals surface area contributed by atoms with Crippen LogP contribution in [0.15, 0.2) is 59.5 Å². The zero-order valence-electron chi connectivity index (χ0n) is 9.53. The fourth-order valence-corrected chi connectivity index (χ4v) is 5.79. The topological polar surface area (TPSA) is 63.6 Å². The van der Waals surface area contributed by atoms with Crippen molar-refractivity contribution in [2.45, 2.75) is 4.90 Å². The van der Waals surface area contributed by atoms with E-state index in [2.05, 4.69) is 0 Å². The minimum absolute atomic E-state index is 0.0239. The molecule has 2 rings (SSSR count). The molecule has 0 aliphatic rings. The van der Waals surface area contributed by atoms with Crippen LogP contribution in [-0.4, -0.2) is 11.9 Å². The summed E-state index contributed by atoms with van der Waals surface area (Å²) >= 11 is 2.51. The van der Waals surface area contributed by atoms with Crippen molar-refractivity contribution in [3.63, 3.8) is 0 Å². The first-order chi connectivity index (χ1) is 8.99. The van der Waals surface area contributed by atoms with E-state index < -0.39 is 30.8 Å². The zero-order valence-corrected chi connectivity index (χ0v) is 13.3. The molecule has 102 valence electrons. The molecule has 0 saturated carbocycles. The maximum absolute atomic E-state index is 11.9. The Hall–Kier alpha value is -0.670. The average Bonchev–Trinajstić information content (AvgIpc) is 2.40. The molecule has 0 heterocycles. The molecule has 0 aliphatic carbocycles. The van der Waals surface area contributed by atoms with Gasteiger partial charge >= 0.3 is 125 Å². The molecule has 0 bridgehead atoms. The third-order valence-electron chi connectivity index (χ3n) is 2.16. The van der Waals surface area contributed by atoms with Crippen molar-refractivity contribution in [3.8, 4) is 0 Å². The summed E-state index contributed by atoms with van der Waals surface area (Å²) in [7, 11) is -3.96. The van der Waals surface area contributed by atoms with Gasteiger partial charge in [-0.05, 0) is 0 Å². The average molecular weight is 413 g/mol. The molecule has 0 atom stereocenters. The van der Waals surface area contributed by atoms with Crippen LogP contribution in [0.25, 0.3) is 0 Å². The molecule has 19 heavy (non-hydrogen) atoms. The van der Waals surface area contributed by atoms with E-state index in [1.165, 1.54) is 24.3 Å². The summed E-state index contributed by atoms with van der Waals surface area (Å²) in [6, 6.07) is 14.1. The molecule has 4 nitrogen and oxygen atoms in total.